The molecule has 0 atom stereocenters. The Kier molecular flexibility index (Phi) is 3.28. The Morgan fingerprint density at radius 1 is 1.35 bits per heavy atom. The van der Waals surface area contributed by atoms with Crippen molar-refractivity contribution in [3.63, 3.8) is 0 Å². The standard InChI is InChI=1S/C12H15N3OS/c1-7-4-10(17-8(7)2)6-13-11-5-12(16)15-9(3)14-11/h4-5H,6H2,1-3H3,(H2,13,14,15,16). The summed E-state index contributed by atoms with van der Waals surface area (Å²) < 4.78 is 0. The summed E-state index contributed by atoms with van der Waals surface area (Å²) in [5, 5.41) is 3.16. The molecule has 0 radical (unpaired) electrons. The first-order chi connectivity index (χ1) is 8.04. The molecule has 2 N–H and O–H groups in total. The Labute approximate surface area is 104 Å². The van der Waals surface area contributed by atoms with Gasteiger partial charge in [0, 0.05) is 15.8 Å². The molecular weight excluding hydrogens is 234 g/mol. The lowest BCUT2D eigenvalue weighted by Gasteiger charge is -2.03. The van der Waals surface area contributed by atoms with Crippen molar-refractivity contribution in [3.8, 4) is 0 Å². The Morgan fingerprint density at radius 2 is 2.12 bits per heavy atom. The predicted molar refractivity (Wildman–Crippen MR) is 70.7 cm³/mol. The van der Waals surface area contributed by atoms with Crippen LogP contribution < -0.4 is 10.9 Å². The zero-order valence-electron chi connectivity index (χ0n) is 10.1. The maximum absolute atomic E-state index is 11.2. The van der Waals surface area contributed by atoms with Gasteiger partial charge in [0.2, 0.25) is 0 Å². The number of hydrogen-bond donors (Lipinski definition) is 2. The van der Waals surface area contributed by atoms with Gasteiger partial charge in [-0.25, -0.2) is 4.98 Å². The van der Waals surface area contributed by atoms with Crippen LogP contribution in [0.1, 0.15) is 21.1 Å². The van der Waals surface area contributed by atoms with Gasteiger partial charge in [0.15, 0.2) is 0 Å². The zero-order valence-corrected chi connectivity index (χ0v) is 10.9. The quantitative estimate of drug-likeness (QED) is 0.878. The molecule has 0 unspecified atom stereocenters. The summed E-state index contributed by atoms with van der Waals surface area (Å²) >= 11 is 1.77. The predicted octanol–water partition coefficient (Wildman–Crippen LogP) is 2.37. The van der Waals surface area contributed by atoms with Crippen LogP contribution in [0.15, 0.2) is 16.9 Å². The van der Waals surface area contributed by atoms with E-state index in [4.69, 9.17) is 0 Å². The lowest BCUT2D eigenvalue weighted by Crippen LogP contribution is -2.11. The number of aromatic amines is 1. The Hall–Kier alpha value is -1.62. The third-order valence-corrected chi connectivity index (χ3v) is 3.67. The van der Waals surface area contributed by atoms with Gasteiger partial charge in [0.05, 0.1) is 6.54 Å². The highest BCUT2D eigenvalue weighted by molar-refractivity contribution is 7.12. The molecule has 2 aromatic rings. The number of rotatable bonds is 3. The lowest BCUT2D eigenvalue weighted by atomic mass is 10.3. The number of thiophene rings is 1. The molecule has 17 heavy (non-hydrogen) atoms. The van der Waals surface area contributed by atoms with Crippen LogP contribution in [0.3, 0.4) is 0 Å². The Balaban J connectivity index is 2.09. The number of aromatic nitrogens is 2. The van der Waals surface area contributed by atoms with Gasteiger partial charge in [-0.05, 0) is 32.4 Å². The van der Waals surface area contributed by atoms with Gasteiger partial charge in [-0.3, -0.25) is 4.79 Å². The Morgan fingerprint density at radius 3 is 2.71 bits per heavy atom. The minimum Gasteiger partial charge on any atom is -0.365 e. The lowest BCUT2D eigenvalue weighted by molar-refractivity contribution is 1.00. The van der Waals surface area contributed by atoms with Gasteiger partial charge in [0.1, 0.15) is 11.6 Å². The van der Waals surface area contributed by atoms with Crippen molar-refractivity contribution in [3.05, 3.63) is 43.6 Å². The van der Waals surface area contributed by atoms with E-state index in [0.29, 0.717) is 18.2 Å². The van der Waals surface area contributed by atoms with Crippen molar-refractivity contribution in [2.75, 3.05) is 5.32 Å². The SMILES string of the molecule is Cc1nc(NCc2cc(C)c(C)s2)cc(=O)[nH]1. The van der Waals surface area contributed by atoms with Gasteiger partial charge in [-0.2, -0.15) is 0 Å². The van der Waals surface area contributed by atoms with Crippen molar-refractivity contribution in [1.82, 2.24) is 9.97 Å². The van der Waals surface area contributed by atoms with E-state index >= 15 is 0 Å². The van der Waals surface area contributed by atoms with E-state index in [-0.39, 0.29) is 5.56 Å². The van der Waals surface area contributed by atoms with Gasteiger partial charge in [-0.15, -0.1) is 11.3 Å². The van der Waals surface area contributed by atoms with Gasteiger partial charge < -0.3 is 10.3 Å². The highest BCUT2D eigenvalue weighted by atomic mass is 32.1. The third-order valence-electron chi connectivity index (χ3n) is 2.52. The molecule has 4 nitrogen and oxygen atoms in total. The average Bonchev–Trinajstić information content (AvgIpc) is 2.54. The van der Waals surface area contributed by atoms with Crippen LogP contribution in [0.4, 0.5) is 5.82 Å². The maximum atomic E-state index is 11.2. The topological polar surface area (TPSA) is 57.8 Å². The molecule has 2 heterocycles. The summed E-state index contributed by atoms with van der Waals surface area (Å²) in [5.41, 5.74) is 1.18. The summed E-state index contributed by atoms with van der Waals surface area (Å²) in [6.07, 6.45) is 0. The van der Waals surface area contributed by atoms with Crippen molar-refractivity contribution < 1.29 is 0 Å². The second kappa shape index (κ2) is 4.71. The van der Waals surface area contributed by atoms with Crippen molar-refractivity contribution in [2.24, 2.45) is 0 Å². The molecule has 0 saturated carbocycles. The summed E-state index contributed by atoms with van der Waals surface area (Å²) in [5.74, 6) is 1.24. The summed E-state index contributed by atoms with van der Waals surface area (Å²) in [7, 11) is 0. The number of nitrogens with one attached hydrogen (secondary N) is 2. The smallest absolute Gasteiger partial charge is 0.252 e. The van der Waals surface area contributed by atoms with Crippen molar-refractivity contribution in [1.29, 1.82) is 0 Å². The summed E-state index contributed by atoms with van der Waals surface area (Å²) in [6, 6.07) is 3.63. The number of anilines is 1. The number of H-pyrrole nitrogens is 1. The highest BCUT2D eigenvalue weighted by Gasteiger charge is 2.02. The molecule has 0 fully saturated rings. The van der Waals surface area contributed by atoms with E-state index in [0.717, 1.165) is 0 Å². The number of nitrogens with zero attached hydrogens (tertiary/aromatic N) is 1. The normalized spacial score (nSPS) is 10.5. The fraction of sp³-hybridized carbons (Fsp3) is 0.333. The van der Waals surface area contributed by atoms with E-state index in [9.17, 15) is 4.79 Å². The van der Waals surface area contributed by atoms with Crippen LogP contribution in [0.2, 0.25) is 0 Å². The second-order valence-corrected chi connectivity index (χ2v) is 5.36. The third kappa shape index (κ3) is 2.94. The molecule has 0 saturated heterocycles. The van der Waals surface area contributed by atoms with Gasteiger partial charge >= 0.3 is 0 Å². The monoisotopic (exact) mass is 249 g/mol. The number of aryl methyl sites for hydroxylation is 3. The first-order valence-corrected chi connectivity index (χ1v) is 6.24. The van der Waals surface area contributed by atoms with Crippen molar-refractivity contribution >= 4 is 17.2 Å². The summed E-state index contributed by atoms with van der Waals surface area (Å²) in [6.45, 7) is 6.69. The van der Waals surface area contributed by atoms with Gasteiger partial charge in [-0.1, -0.05) is 0 Å². The molecule has 0 aliphatic rings. The molecule has 0 bridgehead atoms. The Bertz CT molecular complexity index is 566. The molecular formula is C12H15N3OS. The average molecular weight is 249 g/mol. The molecule has 2 rings (SSSR count). The largest absolute Gasteiger partial charge is 0.365 e. The molecule has 0 aromatic carbocycles. The van der Waals surface area contributed by atoms with Crippen LogP contribution in [0.5, 0.6) is 0 Å². The maximum Gasteiger partial charge on any atom is 0.252 e. The van der Waals surface area contributed by atoms with Crippen LogP contribution in [0, 0.1) is 20.8 Å². The van der Waals surface area contributed by atoms with E-state index in [1.165, 1.54) is 21.4 Å². The van der Waals surface area contributed by atoms with Crippen LogP contribution in [0.25, 0.3) is 0 Å². The van der Waals surface area contributed by atoms with Crippen LogP contribution in [-0.2, 0) is 6.54 Å². The van der Waals surface area contributed by atoms with Crippen molar-refractivity contribution in [2.45, 2.75) is 27.3 Å². The molecule has 5 heteroatoms. The highest BCUT2D eigenvalue weighted by Crippen LogP contribution is 2.21. The minimum absolute atomic E-state index is 0.126. The second-order valence-electron chi connectivity index (χ2n) is 4.02. The van der Waals surface area contributed by atoms with E-state index in [1.54, 1.807) is 18.3 Å². The van der Waals surface area contributed by atoms with Crippen LogP contribution >= 0.6 is 11.3 Å². The van der Waals surface area contributed by atoms with E-state index < -0.39 is 0 Å². The molecule has 2 aromatic heterocycles. The first kappa shape index (κ1) is 11.9. The molecule has 0 aliphatic carbocycles. The molecule has 0 spiro atoms. The van der Waals surface area contributed by atoms with Crippen LogP contribution in [-0.4, -0.2) is 9.97 Å². The van der Waals surface area contributed by atoms with E-state index in [2.05, 4.69) is 35.2 Å². The minimum atomic E-state index is -0.126. The molecule has 0 aliphatic heterocycles. The van der Waals surface area contributed by atoms with Gasteiger partial charge in [0.25, 0.3) is 5.56 Å². The first-order valence-electron chi connectivity index (χ1n) is 5.42. The zero-order chi connectivity index (χ0) is 12.4. The van der Waals surface area contributed by atoms with E-state index in [1.807, 2.05) is 0 Å². The summed E-state index contributed by atoms with van der Waals surface area (Å²) in [4.78, 5) is 20.7. The molecule has 0 amide bonds. The fourth-order valence-electron chi connectivity index (χ4n) is 1.58. The number of hydrogen-bond acceptors (Lipinski definition) is 4. The fourth-order valence-corrected chi connectivity index (χ4v) is 2.58. The molecule has 90 valence electrons.